The molecule has 0 saturated heterocycles. The minimum absolute atomic E-state index is 0.365. The first kappa shape index (κ1) is 11.8. The Morgan fingerprint density at radius 2 is 2.14 bits per heavy atom. The highest BCUT2D eigenvalue weighted by atomic mass is 35.5. The SMILES string of the molecule is OC(CCS)C(O)c1ccc(Cl)nc1. The third-order valence-corrected chi connectivity index (χ3v) is 2.36. The van der Waals surface area contributed by atoms with Crippen molar-refractivity contribution in [2.24, 2.45) is 0 Å². The number of halogens is 1. The van der Waals surface area contributed by atoms with E-state index in [0.717, 1.165) is 0 Å². The molecule has 0 bridgehead atoms. The molecule has 1 aromatic rings. The van der Waals surface area contributed by atoms with Crippen LogP contribution in [0.3, 0.4) is 0 Å². The zero-order valence-corrected chi connectivity index (χ0v) is 9.12. The van der Waals surface area contributed by atoms with Gasteiger partial charge in [0.25, 0.3) is 0 Å². The Morgan fingerprint density at radius 1 is 1.43 bits per heavy atom. The van der Waals surface area contributed by atoms with E-state index in [1.807, 2.05) is 0 Å². The fraction of sp³-hybridized carbons (Fsp3) is 0.444. The molecule has 1 rings (SSSR count). The minimum Gasteiger partial charge on any atom is -0.390 e. The van der Waals surface area contributed by atoms with Gasteiger partial charge >= 0.3 is 0 Å². The molecule has 3 nitrogen and oxygen atoms in total. The maximum Gasteiger partial charge on any atom is 0.129 e. The molecule has 2 atom stereocenters. The zero-order chi connectivity index (χ0) is 10.6. The van der Waals surface area contributed by atoms with Crippen LogP contribution in [-0.4, -0.2) is 27.1 Å². The first-order valence-electron chi connectivity index (χ1n) is 4.23. The van der Waals surface area contributed by atoms with Crippen molar-refractivity contribution in [2.45, 2.75) is 18.6 Å². The average Bonchev–Trinajstić information content (AvgIpc) is 2.18. The van der Waals surface area contributed by atoms with Crippen molar-refractivity contribution in [2.75, 3.05) is 5.75 Å². The number of pyridine rings is 1. The summed E-state index contributed by atoms with van der Waals surface area (Å²) in [5, 5.41) is 19.5. The predicted molar refractivity (Wildman–Crippen MR) is 58.7 cm³/mol. The van der Waals surface area contributed by atoms with Crippen LogP contribution in [0.5, 0.6) is 0 Å². The molecule has 1 aromatic heterocycles. The number of aliphatic hydroxyl groups is 2. The highest BCUT2D eigenvalue weighted by Crippen LogP contribution is 2.19. The first-order chi connectivity index (χ1) is 6.65. The van der Waals surface area contributed by atoms with Crippen molar-refractivity contribution in [1.29, 1.82) is 0 Å². The van der Waals surface area contributed by atoms with Crippen molar-refractivity contribution in [3.05, 3.63) is 29.0 Å². The molecule has 0 spiro atoms. The summed E-state index contributed by atoms with van der Waals surface area (Å²) in [6.45, 7) is 0. The summed E-state index contributed by atoms with van der Waals surface area (Å²) in [7, 11) is 0. The van der Waals surface area contributed by atoms with E-state index < -0.39 is 12.2 Å². The van der Waals surface area contributed by atoms with E-state index >= 15 is 0 Å². The van der Waals surface area contributed by atoms with Crippen LogP contribution in [0, 0.1) is 0 Å². The van der Waals surface area contributed by atoms with Crippen LogP contribution in [0.25, 0.3) is 0 Å². The Labute approximate surface area is 93.2 Å². The molecule has 2 N–H and O–H groups in total. The summed E-state index contributed by atoms with van der Waals surface area (Å²) >= 11 is 9.57. The standard InChI is InChI=1S/C9H12ClNO2S/c10-8-2-1-6(5-11-8)9(13)7(12)3-4-14/h1-2,5,7,9,12-14H,3-4H2. The summed E-state index contributed by atoms with van der Waals surface area (Å²) in [6.07, 6.45) is 0.157. The number of aliphatic hydroxyl groups excluding tert-OH is 2. The molecular weight excluding hydrogens is 222 g/mol. The van der Waals surface area contributed by atoms with E-state index in [1.54, 1.807) is 12.1 Å². The number of aromatic nitrogens is 1. The van der Waals surface area contributed by atoms with Gasteiger partial charge in [0.1, 0.15) is 11.3 Å². The van der Waals surface area contributed by atoms with Gasteiger partial charge in [-0.1, -0.05) is 17.7 Å². The van der Waals surface area contributed by atoms with Crippen LogP contribution in [0.1, 0.15) is 18.1 Å². The number of thiol groups is 1. The maximum absolute atomic E-state index is 9.64. The highest BCUT2D eigenvalue weighted by molar-refractivity contribution is 7.80. The Balaban J connectivity index is 2.68. The van der Waals surface area contributed by atoms with Crippen molar-refractivity contribution in [3.8, 4) is 0 Å². The van der Waals surface area contributed by atoms with Crippen molar-refractivity contribution in [3.63, 3.8) is 0 Å². The number of hydrogen-bond acceptors (Lipinski definition) is 4. The number of hydrogen-bond donors (Lipinski definition) is 3. The predicted octanol–water partition coefficient (Wildman–Crippen LogP) is 1.45. The summed E-state index contributed by atoms with van der Waals surface area (Å²) < 4.78 is 0. The van der Waals surface area contributed by atoms with Crippen LogP contribution in [0.4, 0.5) is 0 Å². The highest BCUT2D eigenvalue weighted by Gasteiger charge is 2.17. The number of nitrogens with zero attached hydrogens (tertiary/aromatic N) is 1. The summed E-state index contributed by atoms with van der Waals surface area (Å²) in [5.41, 5.74) is 0.559. The third-order valence-electron chi connectivity index (χ3n) is 1.88. The fourth-order valence-corrected chi connectivity index (χ4v) is 1.45. The van der Waals surface area contributed by atoms with E-state index in [9.17, 15) is 10.2 Å². The Morgan fingerprint density at radius 3 is 2.64 bits per heavy atom. The van der Waals surface area contributed by atoms with Gasteiger partial charge in [0.2, 0.25) is 0 Å². The molecule has 0 fully saturated rings. The van der Waals surface area contributed by atoms with Gasteiger partial charge in [-0.05, 0) is 18.2 Å². The van der Waals surface area contributed by atoms with E-state index in [2.05, 4.69) is 17.6 Å². The van der Waals surface area contributed by atoms with Crippen molar-refractivity contribution in [1.82, 2.24) is 4.98 Å². The van der Waals surface area contributed by atoms with E-state index in [4.69, 9.17) is 11.6 Å². The molecule has 0 aliphatic carbocycles. The lowest BCUT2D eigenvalue weighted by atomic mass is 10.1. The molecule has 0 aromatic carbocycles. The maximum atomic E-state index is 9.64. The van der Waals surface area contributed by atoms with Gasteiger partial charge in [0, 0.05) is 11.8 Å². The van der Waals surface area contributed by atoms with Gasteiger partial charge in [-0.3, -0.25) is 0 Å². The smallest absolute Gasteiger partial charge is 0.129 e. The van der Waals surface area contributed by atoms with Crippen LogP contribution < -0.4 is 0 Å². The largest absolute Gasteiger partial charge is 0.390 e. The molecule has 0 saturated carbocycles. The van der Waals surface area contributed by atoms with Crippen LogP contribution in [0.15, 0.2) is 18.3 Å². The quantitative estimate of drug-likeness (QED) is 0.545. The van der Waals surface area contributed by atoms with E-state index in [0.29, 0.717) is 22.9 Å². The van der Waals surface area contributed by atoms with Gasteiger partial charge in [-0.25, -0.2) is 4.98 Å². The molecule has 5 heteroatoms. The van der Waals surface area contributed by atoms with Gasteiger partial charge < -0.3 is 10.2 Å². The van der Waals surface area contributed by atoms with Crippen molar-refractivity contribution >= 4 is 24.2 Å². The fourth-order valence-electron chi connectivity index (χ4n) is 1.07. The first-order valence-corrected chi connectivity index (χ1v) is 5.24. The molecule has 2 unspecified atom stereocenters. The molecular formula is C9H12ClNO2S. The Hall–Kier alpha value is -0.290. The molecule has 14 heavy (non-hydrogen) atoms. The van der Waals surface area contributed by atoms with Crippen LogP contribution in [-0.2, 0) is 0 Å². The Kier molecular flexibility index (Phi) is 4.68. The molecule has 0 aliphatic heterocycles. The average molecular weight is 234 g/mol. The minimum atomic E-state index is -0.924. The topological polar surface area (TPSA) is 53.4 Å². The number of rotatable bonds is 4. The molecule has 0 aliphatic rings. The van der Waals surface area contributed by atoms with Gasteiger partial charge in [-0.2, -0.15) is 12.6 Å². The second-order valence-electron chi connectivity index (χ2n) is 2.94. The molecule has 0 radical (unpaired) electrons. The Bertz CT molecular complexity index is 281. The monoisotopic (exact) mass is 233 g/mol. The van der Waals surface area contributed by atoms with Crippen LogP contribution >= 0.6 is 24.2 Å². The molecule has 78 valence electrons. The lowest BCUT2D eigenvalue weighted by Gasteiger charge is -2.16. The second-order valence-corrected chi connectivity index (χ2v) is 3.77. The van der Waals surface area contributed by atoms with Gasteiger partial charge in [0.15, 0.2) is 0 Å². The summed E-state index contributed by atoms with van der Waals surface area (Å²) in [4.78, 5) is 3.82. The molecule has 1 heterocycles. The van der Waals surface area contributed by atoms with Crippen molar-refractivity contribution < 1.29 is 10.2 Å². The molecule has 0 amide bonds. The lowest BCUT2D eigenvalue weighted by molar-refractivity contribution is 0.0170. The van der Waals surface area contributed by atoms with Crippen LogP contribution in [0.2, 0.25) is 5.15 Å². The van der Waals surface area contributed by atoms with E-state index in [-0.39, 0.29) is 0 Å². The summed E-state index contributed by atoms with van der Waals surface area (Å²) in [5.74, 6) is 0.527. The lowest BCUT2D eigenvalue weighted by Crippen LogP contribution is -2.18. The summed E-state index contributed by atoms with van der Waals surface area (Å²) in [6, 6.07) is 3.22. The zero-order valence-electron chi connectivity index (χ0n) is 7.47. The van der Waals surface area contributed by atoms with Gasteiger partial charge in [-0.15, -0.1) is 0 Å². The normalized spacial score (nSPS) is 15.1. The van der Waals surface area contributed by atoms with Gasteiger partial charge in [0.05, 0.1) is 6.10 Å². The second kappa shape index (κ2) is 5.56. The third kappa shape index (κ3) is 3.13. The van der Waals surface area contributed by atoms with E-state index in [1.165, 1.54) is 6.20 Å².